The van der Waals surface area contributed by atoms with Crippen molar-refractivity contribution in [2.45, 2.75) is 59.0 Å². The number of ether oxygens (including phenoxy) is 1. The van der Waals surface area contributed by atoms with Crippen LogP contribution >= 0.6 is 11.6 Å². The second-order valence-electron chi connectivity index (χ2n) is 12.1. The van der Waals surface area contributed by atoms with Crippen LogP contribution in [0.25, 0.3) is 5.69 Å². The number of piperazine rings is 1. The molecule has 0 bridgehead atoms. The van der Waals surface area contributed by atoms with Crippen molar-refractivity contribution in [3.8, 4) is 5.69 Å². The Morgan fingerprint density at radius 1 is 0.902 bits per heavy atom. The molecule has 2 saturated heterocycles. The predicted octanol–water partition coefficient (Wildman–Crippen LogP) is 6.22. The lowest BCUT2D eigenvalue weighted by atomic mass is 9.90. The zero-order chi connectivity index (χ0) is 29.3. The summed E-state index contributed by atoms with van der Waals surface area (Å²) < 4.78 is 7.47. The zero-order valence-electron chi connectivity index (χ0n) is 24.7. The third-order valence-electron chi connectivity index (χ3n) is 7.90. The summed E-state index contributed by atoms with van der Waals surface area (Å²) in [5, 5.41) is 5.35. The number of benzene rings is 2. The molecule has 2 fully saturated rings. The van der Waals surface area contributed by atoms with E-state index in [9.17, 15) is 9.59 Å². The Kier molecular flexibility index (Phi) is 8.32. The molecule has 2 aromatic carbocycles. The Hall–Kier alpha value is -3.52. The van der Waals surface area contributed by atoms with E-state index >= 15 is 0 Å². The van der Waals surface area contributed by atoms with Crippen LogP contribution in [-0.4, -0.2) is 76.5 Å². The van der Waals surface area contributed by atoms with Crippen LogP contribution in [0.1, 0.15) is 66.7 Å². The summed E-state index contributed by atoms with van der Waals surface area (Å²) in [5.41, 5.74) is 5.60. The predicted molar refractivity (Wildman–Crippen MR) is 162 cm³/mol. The smallest absolute Gasteiger partial charge is 0.410 e. The minimum atomic E-state index is -0.539. The monoisotopic (exact) mass is 577 g/mol. The average molecular weight is 578 g/mol. The van der Waals surface area contributed by atoms with E-state index in [1.54, 1.807) is 11.1 Å². The summed E-state index contributed by atoms with van der Waals surface area (Å²) in [4.78, 5) is 32.8. The van der Waals surface area contributed by atoms with Crippen LogP contribution in [0.5, 0.6) is 0 Å². The van der Waals surface area contributed by atoms with Gasteiger partial charge < -0.3 is 19.4 Å². The van der Waals surface area contributed by atoms with E-state index in [1.807, 2.05) is 54.6 Å². The molecule has 0 N–H and O–H groups in total. The number of aryl methyl sites for hydroxylation is 2. The number of nitrogens with zero attached hydrogens (tertiary/aromatic N) is 5. The molecule has 0 radical (unpaired) electrons. The van der Waals surface area contributed by atoms with E-state index in [2.05, 4.69) is 36.9 Å². The van der Waals surface area contributed by atoms with Gasteiger partial charge in [-0.2, -0.15) is 5.10 Å². The summed E-state index contributed by atoms with van der Waals surface area (Å²) in [6.45, 7) is 13.9. The molecular weight excluding hydrogens is 538 g/mol. The van der Waals surface area contributed by atoms with E-state index in [1.165, 1.54) is 16.8 Å². The van der Waals surface area contributed by atoms with E-state index in [0.29, 0.717) is 36.8 Å². The molecule has 8 nitrogen and oxygen atoms in total. The molecule has 0 spiro atoms. The summed E-state index contributed by atoms with van der Waals surface area (Å²) in [7, 11) is 0. The van der Waals surface area contributed by atoms with Crippen LogP contribution in [0.15, 0.2) is 48.7 Å². The quantitative estimate of drug-likeness (QED) is 0.368. The van der Waals surface area contributed by atoms with Crippen LogP contribution in [0, 0.1) is 13.8 Å². The number of piperidine rings is 1. The largest absolute Gasteiger partial charge is 0.444 e. The first-order valence-electron chi connectivity index (χ1n) is 14.4. The Bertz CT molecular complexity index is 1400. The first kappa shape index (κ1) is 29.0. The molecule has 3 aromatic rings. The second kappa shape index (κ2) is 11.8. The standard InChI is InChI=1S/C32H40ClN5O3/c1-22-6-11-28(23(2)20-22)35-16-18-36(19-17-35)30(39)27-21-34-38(26-9-7-25(33)8-10-26)29(27)24-12-14-37(15-13-24)31(40)41-32(3,4)5/h6-11,20-21,24H,12-19H2,1-5H3. The first-order valence-corrected chi connectivity index (χ1v) is 14.8. The van der Waals surface area contributed by atoms with E-state index in [0.717, 1.165) is 37.3 Å². The summed E-state index contributed by atoms with van der Waals surface area (Å²) in [6, 6.07) is 14.0. The molecule has 218 valence electrons. The second-order valence-corrected chi connectivity index (χ2v) is 12.6. The molecule has 0 unspecified atom stereocenters. The fraction of sp³-hybridized carbons (Fsp3) is 0.469. The van der Waals surface area contributed by atoms with Crippen LogP contribution in [0.4, 0.5) is 10.5 Å². The number of halogens is 1. The molecule has 41 heavy (non-hydrogen) atoms. The van der Waals surface area contributed by atoms with Gasteiger partial charge in [-0.15, -0.1) is 0 Å². The normalized spacial score (nSPS) is 16.7. The van der Waals surface area contributed by atoms with Crippen LogP contribution in [0.3, 0.4) is 0 Å². The van der Waals surface area contributed by atoms with Gasteiger partial charge in [0.05, 0.1) is 23.1 Å². The van der Waals surface area contributed by atoms with Crippen molar-refractivity contribution in [1.82, 2.24) is 19.6 Å². The number of carbonyl (C=O) groups excluding carboxylic acids is 2. The topological polar surface area (TPSA) is 70.9 Å². The molecule has 0 saturated carbocycles. The van der Waals surface area contributed by atoms with Crippen molar-refractivity contribution in [2.24, 2.45) is 0 Å². The van der Waals surface area contributed by atoms with Gasteiger partial charge in [0.25, 0.3) is 5.91 Å². The fourth-order valence-corrected chi connectivity index (χ4v) is 5.97. The highest BCUT2D eigenvalue weighted by Gasteiger charge is 2.34. The van der Waals surface area contributed by atoms with Crippen LogP contribution < -0.4 is 4.90 Å². The number of aromatic nitrogens is 2. The fourth-order valence-electron chi connectivity index (χ4n) is 5.85. The summed E-state index contributed by atoms with van der Waals surface area (Å²) >= 11 is 6.17. The Balaban J connectivity index is 1.36. The Labute approximate surface area is 247 Å². The molecule has 2 aliphatic rings. The summed E-state index contributed by atoms with van der Waals surface area (Å²) in [5.74, 6) is 0.0809. The number of likely N-dealkylation sites (tertiary alicyclic amines) is 1. The zero-order valence-corrected chi connectivity index (χ0v) is 25.4. The molecule has 2 amide bonds. The number of anilines is 1. The van der Waals surface area contributed by atoms with Crippen molar-refractivity contribution >= 4 is 29.3 Å². The number of rotatable bonds is 4. The van der Waals surface area contributed by atoms with E-state index in [4.69, 9.17) is 21.4 Å². The highest BCUT2D eigenvalue weighted by atomic mass is 35.5. The Morgan fingerprint density at radius 3 is 2.17 bits per heavy atom. The van der Waals surface area contributed by atoms with Crippen molar-refractivity contribution < 1.29 is 14.3 Å². The minimum Gasteiger partial charge on any atom is -0.444 e. The number of hydrogen-bond donors (Lipinski definition) is 0. The molecule has 3 heterocycles. The highest BCUT2D eigenvalue weighted by molar-refractivity contribution is 6.30. The van der Waals surface area contributed by atoms with Gasteiger partial charge in [-0.05, 0) is 83.4 Å². The number of amides is 2. The number of hydrogen-bond acceptors (Lipinski definition) is 5. The maximum absolute atomic E-state index is 14.0. The maximum Gasteiger partial charge on any atom is 0.410 e. The van der Waals surface area contributed by atoms with Gasteiger partial charge in [-0.25, -0.2) is 9.48 Å². The Morgan fingerprint density at radius 2 is 1.56 bits per heavy atom. The molecule has 0 aliphatic carbocycles. The average Bonchev–Trinajstić information content (AvgIpc) is 3.37. The maximum atomic E-state index is 14.0. The SMILES string of the molecule is Cc1ccc(N2CCN(C(=O)c3cnn(-c4ccc(Cl)cc4)c3C3CCN(C(=O)OC(C)(C)C)CC3)CC2)c(C)c1. The lowest BCUT2D eigenvalue weighted by Gasteiger charge is -2.37. The van der Waals surface area contributed by atoms with Gasteiger partial charge in [0, 0.05) is 55.9 Å². The van der Waals surface area contributed by atoms with Crippen LogP contribution in [-0.2, 0) is 4.74 Å². The van der Waals surface area contributed by atoms with Crippen molar-refractivity contribution in [2.75, 3.05) is 44.2 Å². The molecular formula is C32H40ClN5O3. The molecule has 9 heteroatoms. The third kappa shape index (κ3) is 6.53. The van der Waals surface area contributed by atoms with Gasteiger partial charge in [0.2, 0.25) is 0 Å². The first-order chi connectivity index (χ1) is 19.5. The van der Waals surface area contributed by atoms with E-state index < -0.39 is 5.60 Å². The highest BCUT2D eigenvalue weighted by Crippen LogP contribution is 2.34. The van der Waals surface area contributed by atoms with Crippen molar-refractivity contribution in [3.05, 3.63) is 76.1 Å². The summed E-state index contributed by atoms with van der Waals surface area (Å²) in [6.07, 6.45) is 2.86. The molecule has 2 aliphatic heterocycles. The molecule has 5 rings (SSSR count). The lowest BCUT2D eigenvalue weighted by molar-refractivity contribution is 0.0203. The minimum absolute atomic E-state index is 0.00932. The van der Waals surface area contributed by atoms with E-state index in [-0.39, 0.29) is 17.9 Å². The van der Waals surface area contributed by atoms with Gasteiger partial charge in [-0.3, -0.25) is 4.79 Å². The van der Waals surface area contributed by atoms with Gasteiger partial charge in [0.15, 0.2) is 0 Å². The number of carbonyl (C=O) groups is 2. The van der Waals surface area contributed by atoms with Crippen molar-refractivity contribution in [3.63, 3.8) is 0 Å². The third-order valence-corrected chi connectivity index (χ3v) is 8.15. The molecule has 0 atom stereocenters. The van der Waals surface area contributed by atoms with Gasteiger partial charge >= 0.3 is 6.09 Å². The lowest BCUT2D eigenvalue weighted by Crippen LogP contribution is -2.49. The van der Waals surface area contributed by atoms with Crippen LogP contribution in [0.2, 0.25) is 5.02 Å². The molecule has 1 aromatic heterocycles. The van der Waals surface area contributed by atoms with Gasteiger partial charge in [-0.1, -0.05) is 29.3 Å². The van der Waals surface area contributed by atoms with Crippen molar-refractivity contribution in [1.29, 1.82) is 0 Å². The van der Waals surface area contributed by atoms with Gasteiger partial charge in [0.1, 0.15) is 5.60 Å².